The van der Waals surface area contributed by atoms with Crippen molar-refractivity contribution in [2.75, 3.05) is 0 Å². The van der Waals surface area contributed by atoms with Crippen LogP contribution in [0.5, 0.6) is 0 Å². The van der Waals surface area contributed by atoms with Crippen LogP contribution in [0.15, 0.2) is 18.2 Å². The van der Waals surface area contributed by atoms with E-state index in [9.17, 15) is 5.11 Å². The van der Waals surface area contributed by atoms with Crippen molar-refractivity contribution in [1.29, 1.82) is 0 Å². The Morgan fingerprint density at radius 1 is 1.06 bits per heavy atom. The van der Waals surface area contributed by atoms with Gasteiger partial charge in [0.15, 0.2) is 0 Å². The Kier molecular flexibility index (Phi) is 5.70. The molecular formula is C16H26O. The Balaban J connectivity index is 2.39. The molecule has 0 saturated heterocycles. The second kappa shape index (κ2) is 6.80. The minimum atomic E-state index is -0.184. The quantitative estimate of drug-likeness (QED) is 0.788. The lowest BCUT2D eigenvalue weighted by atomic mass is 9.98. The summed E-state index contributed by atoms with van der Waals surface area (Å²) in [6.45, 7) is 8.72. The lowest BCUT2D eigenvalue weighted by Crippen LogP contribution is -2.10. The van der Waals surface area contributed by atoms with E-state index in [2.05, 4.69) is 45.9 Å². The molecule has 0 aliphatic rings. The standard InChI is InChI=1S/C16H26O/c1-12(2)6-5-7-16(17)11-15-9-8-13(3)14(4)10-15/h8-10,12,16-17H,5-7,11H2,1-4H3. The molecule has 1 heteroatoms. The lowest BCUT2D eigenvalue weighted by molar-refractivity contribution is 0.159. The normalized spacial score (nSPS) is 13.1. The smallest absolute Gasteiger partial charge is 0.0580 e. The Morgan fingerprint density at radius 3 is 2.35 bits per heavy atom. The molecule has 0 radical (unpaired) electrons. The zero-order valence-corrected chi connectivity index (χ0v) is 11.7. The van der Waals surface area contributed by atoms with Crippen molar-refractivity contribution in [3.8, 4) is 0 Å². The molecule has 0 heterocycles. The predicted molar refractivity (Wildman–Crippen MR) is 74.3 cm³/mol. The van der Waals surface area contributed by atoms with Gasteiger partial charge in [0.05, 0.1) is 6.10 Å². The van der Waals surface area contributed by atoms with E-state index in [1.807, 2.05) is 0 Å². The number of aliphatic hydroxyl groups is 1. The summed E-state index contributed by atoms with van der Waals surface area (Å²) in [4.78, 5) is 0. The molecule has 0 amide bonds. The van der Waals surface area contributed by atoms with E-state index in [1.165, 1.54) is 23.1 Å². The summed E-state index contributed by atoms with van der Waals surface area (Å²) in [6, 6.07) is 6.47. The van der Waals surface area contributed by atoms with Crippen LogP contribution in [-0.2, 0) is 6.42 Å². The largest absolute Gasteiger partial charge is 0.393 e. The molecule has 0 spiro atoms. The summed E-state index contributed by atoms with van der Waals surface area (Å²) in [7, 11) is 0. The molecule has 0 aromatic heterocycles. The highest BCUT2D eigenvalue weighted by atomic mass is 16.3. The monoisotopic (exact) mass is 234 g/mol. The van der Waals surface area contributed by atoms with Crippen LogP contribution in [0.3, 0.4) is 0 Å². The highest BCUT2D eigenvalue weighted by molar-refractivity contribution is 5.30. The highest BCUT2D eigenvalue weighted by Gasteiger charge is 2.06. The van der Waals surface area contributed by atoms with Crippen LogP contribution < -0.4 is 0 Å². The molecule has 17 heavy (non-hydrogen) atoms. The van der Waals surface area contributed by atoms with Crippen LogP contribution in [-0.4, -0.2) is 11.2 Å². The van der Waals surface area contributed by atoms with E-state index >= 15 is 0 Å². The maximum absolute atomic E-state index is 9.98. The molecule has 0 saturated carbocycles. The fourth-order valence-electron chi connectivity index (χ4n) is 2.07. The minimum Gasteiger partial charge on any atom is -0.393 e. The minimum absolute atomic E-state index is 0.184. The van der Waals surface area contributed by atoms with Crippen molar-refractivity contribution < 1.29 is 5.11 Å². The molecule has 96 valence electrons. The number of rotatable bonds is 6. The SMILES string of the molecule is Cc1ccc(CC(O)CCCC(C)C)cc1C. The molecule has 1 aromatic rings. The van der Waals surface area contributed by atoms with Gasteiger partial charge in [-0.25, -0.2) is 0 Å². The first kappa shape index (κ1) is 14.2. The zero-order chi connectivity index (χ0) is 12.8. The Hall–Kier alpha value is -0.820. The van der Waals surface area contributed by atoms with Crippen LogP contribution in [0.25, 0.3) is 0 Å². The predicted octanol–water partition coefficient (Wildman–Crippen LogP) is 4.03. The third kappa shape index (κ3) is 5.36. The van der Waals surface area contributed by atoms with Crippen molar-refractivity contribution >= 4 is 0 Å². The third-order valence-electron chi connectivity index (χ3n) is 3.36. The molecule has 1 atom stereocenters. The number of hydrogen-bond acceptors (Lipinski definition) is 1. The molecule has 1 nitrogen and oxygen atoms in total. The van der Waals surface area contributed by atoms with Gasteiger partial charge in [0, 0.05) is 0 Å². The molecule has 1 unspecified atom stereocenters. The second-order valence-corrected chi connectivity index (χ2v) is 5.60. The Morgan fingerprint density at radius 2 is 1.76 bits per heavy atom. The summed E-state index contributed by atoms with van der Waals surface area (Å²) in [5.41, 5.74) is 3.89. The summed E-state index contributed by atoms with van der Waals surface area (Å²) >= 11 is 0. The molecule has 1 aromatic carbocycles. The van der Waals surface area contributed by atoms with Gasteiger partial charge in [-0.15, -0.1) is 0 Å². The summed E-state index contributed by atoms with van der Waals surface area (Å²) < 4.78 is 0. The Bertz CT molecular complexity index is 341. The Labute approximate surface area is 106 Å². The average Bonchev–Trinajstić information content (AvgIpc) is 2.23. The number of aryl methyl sites for hydroxylation is 2. The molecule has 1 N–H and O–H groups in total. The maximum Gasteiger partial charge on any atom is 0.0580 e. The van der Waals surface area contributed by atoms with E-state index in [4.69, 9.17) is 0 Å². The van der Waals surface area contributed by atoms with Gasteiger partial charge in [-0.3, -0.25) is 0 Å². The van der Waals surface area contributed by atoms with Crippen molar-refractivity contribution in [2.24, 2.45) is 5.92 Å². The summed E-state index contributed by atoms with van der Waals surface area (Å²) in [5.74, 6) is 0.740. The molecule has 0 aliphatic carbocycles. The fourth-order valence-corrected chi connectivity index (χ4v) is 2.07. The summed E-state index contributed by atoms with van der Waals surface area (Å²) in [5, 5.41) is 9.98. The number of aliphatic hydroxyl groups excluding tert-OH is 1. The molecule has 1 rings (SSSR count). The van der Waals surface area contributed by atoms with Crippen LogP contribution in [0.2, 0.25) is 0 Å². The first-order valence-electron chi connectivity index (χ1n) is 6.73. The molecule has 0 aliphatic heterocycles. The summed E-state index contributed by atoms with van der Waals surface area (Å²) in [6.07, 6.45) is 3.87. The van der Waals surface area contributed by atoms with Gasteiger partial charge >= 0.3 is 0 Å². The third-order valence-corrected chi connectivity index (χ3v) is 3.36. The second-order valence-electron chi connectivity index (χ2n) is 5.60. The van der Waals surface area contributed by atoms with E-state index in [-0.39, 0.29) is 6.10 Å². The van der Waals surface area contributed by atoms with Crippen molar-refractivity contribution in [1.82, 2.24) is 0 Å². The van der Waals surface area contributed by atoms with Crippen LogP contribution in [0.1, 0.15) is 49.8 Å². The van der Waals surface area contributed by atoms with Gasteiger partial charge in [0.2, 0.25) is 0 Å². The topological polar surface area (TPSA) is 20.2 Å². The van der Waals surface area contributed by atoms with Gasteiger partial charge in [-0.05, 0) is 49.3 Å². The van der Waals surface area contributed by atoms with E-state index in [1.54, 1.807) is 0 Å². The van der Waals surface area contributed by atoms with Gasteiger partial charge in [0.1, 0.15) is 0 Å². The highest BCUT2D eigenvalue weighted by Crippen LogP contribution is 2.15. The van der Waals surface area contributed by atoms with E-state index in [0.29, 0.717) is 0 Å². The lowest BCUT2D eigenvalue weighted by Gasteiger charge is -2.12. The molecule has 0 fully saturated rings. The van der Waals surface area contributed by atoms with Gasteiger partial charge < -0.3 is 5.11 Å². The number of hydrogen-bond donors (Lipinski definition) is 1. The fraction of sp³-hybridized carbons (Fsp3) is 0.625. The first-order chi connectivity index (χ1) is 7.99. The van der Waals surface area contributed by atoms with Gasteiger partial charge in [-0.2, -0.15) is 0 Å². The van der Waals surface area contributed by atoms with Crippen LogP contribution in [0, 0.1) is 19.8 Å². The van der Waals surface area contributed by atoms with Gasteiger partial charge in [0.25, 0.3) is 0 Å². The molecular weight excluding hydrogens is 208 g/mol. The number of benzene rings is 1. The van der Waals surface area contributed by atoms with Crippen molar-refractivity contribution in [3.05, 3.63) is 34.9 Å². The first-order valence-corrected chi connectivity index (χ1v) is 6.73. The molecule has 0 bridgehead atoms. The van der Waals surface area contributed by atoms with Gasteiger partial charge in [-0.1, -0.05) is 44.9 Å². The maximum atomic E-state index is 9.98. The van der Waals surface area contributed by atoms with Crippen molar-refractivity contribution in [3.63, 3.8) is 0 Å². The van der Waals surface area contributed by atoms with E-state index in [0.717, 1.165) is 25.2 Å². The van der Waals surface area contributed by atoms with Crippen LogP contribution >= 0.6 is 0 Å². The van der Waals surface area contributed by atoms with Crippen molar-refractivity contribution in [2.45, 2.75) is 59.5 Å². The average molecular weight is 234 g/mol. The zero-order valence-electron chi connectivity index (χ0n) is 11.7. The van der Waals surface area contributed by atoms with Crippen LogP contribution in [0.4, 0.5) is 0 Å². The van der Waals surface area contributed by atoms with E-state index < -0.39 is 0 Å².